The monoisotopic (exact) mass is 247 g/mol. The molecule has 0 heterocycles. The van der Waals surface area contributed by atoms with Gasteiger partial charge in [-0.25, -0.2) is 8.78 Å². The molecule has 0 atom stereocenters. The van der Waals surface area contributed by atoms with Gasteiger partial charge in [0.25, 0.3) is 0 Å². The second kappa shape index (κ2) is 4.86. The first-order valence-corrected chi connectivity index (χ1v) is 5.78. The minimum atomic E-state index is -0.321. The van der Waals surface area contributed by atoms with Gasteiger partial charge in [-0.3, -0.25) is 0 Å². The fourth-order valence-electron chi connectivity index (χ4n) is 2.23. The molecule has 0 fully saturated rings. The van der Waals surface area contributed by atoms with Crippen LogP contribution >= 0.6 is 0 Å². The quantitative estimate of drug-likeness (QED) is 0.860. The molecule has 3 heteroatoms. The molecule has 94 valence electrons. The molecular weight excluding hydrogens is 232 g/mol. The lowest BCUT2D eigenvalue weighted by Crippen LogP contribution is -2.00. The average Bonchev–Trinajstić information content (AvgIpc) is 2.27. The Bertz CT molecular complexity index is 568. The van der Waals surface area contributed by atoms with E-state index in [2.05, 4.69) is 0 Å². The van der Waals surface area contributed by atoms with E-state index in [1.165, 1.54) is 18.2 Å². The standard InChI is InChI=1S/C15H15F2N/c1-9-5-13(16)6-10(2)15(9)11-3-4-12(8-18)14(17)7-11/h3-7H,8,18H2,1-2H3. The summed E-state index contributed by atoms with van der Waals surface area (Å²) in [4.78, 5) is 0. The molecule has 2 aromatic carbocycles. The molecule has 0 saturated heterocycles. The summed E-state index contributed by atoms with van der Waals surface area (Å²) in [6.07, 6.45) is 0. The molecule has 2 aromatic rings. The minimum Gasteiger partial charge on any atom is -0.326 e. The largest absolute Gasteiger partial charge is 0.326 e. The van der Waals surface area contributed by atoms with Crippen molar-refractivity contribution in [1.82, 2.24) is 0 Å². The molecule has 0 aliphatic rings. The molecule has 18 heavy (non-hydrogen) atoms. The molecule has 0 spiro atoms. The maximum atomic E-state index is 13.7. The van der Waals surface area contributed by atoms with Crippen LogP contribution in [0.25, 0.3) is 11.1 Å². The van der Waals surface area contributed by atoms with E-state index in [0.29, 0.717) is 5.56 Å². The van der Waals surface area contributed by atoms with Crippen molar-refractivity contribution in [3.8, 4) is 11.1 Å². The molecular formula is C15H15F2N. The molecule has 0 amide bonds. The molecule has 1 nitrogen and oxygen atoms in total. The van der Waals surface area contributed by atoms with E-state index in [4.69, 9.17) is 5.73 Å². The number of rotatable bonds is 2. The highest BCUT2D eigenvalue weighted by atomic mass is 19.1. The average molecular weight is 247 g/mol. The van der Waals surface area contributed by atoms with Gasteiger partial charge >= 0.3 is 0 Å². The number of nitrogens with two attached hydrogens (primary N) is 1. The molecule has 0 bridgehead atoms. The van der Waals surface area contributed by atoms with Crippen LogP contribution in [0.2, 0.25) is 0 Å². The molecule has 0 aliphatic heterocycles. The van der Waals surface area contributed by atoms with Gasteiger partial charge in [0, 0.05) is 12.1 Å². The van der Waals surface area contributed by atoms with Crippen LogP contribution in [-0.4, -0.2) is 0 Å². The lowest BCUT2D eigenvalue weighted by atomic mass is 9.95. The van der Waals surface area contributed by atoms with Crippen molar-refractivity contribution in [3.63, 3.8) is 0 Å². The van der Waals surface area contributed by atoms with Crippen LogP contribution in [-0.2, 0) is 6.54 Å². The highest BCUT2D eigenvalue weighted by molar-refractivity contribution is 5.71. The Morgan fingerprint density at radius 2 is 1.61 bits per heavy atom. The van der Waals surface area contributed by atoms with Gasteiger partial charge in [0.05, 0.1) is 0 Å². The molecule has 0 aromatic heterocycles. The first kappa shape index (κ1) is 12.7. The van der Waals surface area contributed by atoms with E-state index in [0.717, 1.165) is 22.3 Å². The maximum Gasteiger partial charge on any atom is 0.128 e. The molecule has 2 N–H and O–H groups in total. The van der Waals surface area contributed by atoms with Gasteiger partial charge in [0.15, 0.2) is 0 Å². The minimum absolute atomic E-state index is 0.174. The van der Waals surface area contributed by atoms with E-state index in [9.17, 15) is 8.78 Å². The molecule has 0 aliphatic carbocycles. The fraction of sp³-hybridized carbons (Fsp3) is 0.200. The van der Waals surface area contributed by atoms with Crippen LogP contribution in [0.15, 0.2) is 30.3 Å². The number of hydrogen-bond acceptors (Lipinski definition) is 1. The van der Waals surface area contributed by atoms with E-state index >= 15 is 0 Å². The summed E-state index contributed by atoms with van der Waals surface area (Å²) >= 11 is 0. The fourth-order valence-corrected chi connectivity index (χ4v) is 2.23. The number of halogens is 2. The van der Waals surface area contributed by atoms with Crippen molar-refractivity contribution in [2.75, 3.05) is 0 Å². The number of benzene rings is 2. The van der Waals surface area contributed by atoms with Crippen LogP contribution < -0.4 is 5.73 Å². The summed E-state index contributed by atoms with van der Waals surface area (Å²) in [5, 5.41) is 0. The zero-order valence-electron chi connectivity index (χ0n) is 10.4. The van der Waals surface area contributed by atoms with Gasteiger partial charge in [0.1, 0.15) is 11.6 Å². The zero-order valence-corrected chi connectivity index (χ0v) is 10.4. The van der Waals surface area contributed by atoms with Gasteiger partial charge in [-0.15, -0.1) is 0 Å². The van der Waals surface area contributed by atoms with Crippen molar-refractivity contribution in [1.29, 1.82) is 0 Å². The first-order valence-electron chi connectivity index (χ1n) is 5.78. The van der Waals surface area contributed by atoms with E-state index < -0.39 is 0 Å². The van der Waals surface area contributed by atoms with Crippen LogP contribution in [0.3, 0.4) is 0 Å². The summed E-state index contributed by atoms with van der Waals surface area (Å²) in [6.45, 7) is 3.81. The van der Waals surface area contributed by atoms with Crippen molar-refractivity contribution >= 4 is 0 Å². The van der Waals surface area contributed by atoms with Gasteiger partial charge in [-0.2, -0.15) is 0 Å². The van der Waals surface area contributed by atoms with Crippen molar-refractivity contribution < 1.29 is 8.78 Å². The summed E-state index contributed by atoms with van der Waals surface area (Å²) < 4.78 is 27.0. The van der Waals surface area contributed by atoms with E-state index in [1.54, 1.807) is 6.07 Å². The van der Waals surface area contributed by atoms with E-state index in [1.807, 2.05) is 19.9 Å². The van der Waals surface area contributed by atoms with E-state index in [-0.39, 0.29) is 18.2 Å². The Kier molecular flexibility index (Phi) is 3.43. The third-order valence-electron chi connectivity index (χ3n) is 3.06. The zero-order chi connectivity index (χ0) is 13.3. The van der Waals surface area contributed by atoms with Crippen molar-refractivity contribution in [2.24, 2.45) is 5.73 Å². The second-order valence-electron chi connectivity index (χ2n) is 4.42. The van der Waals surface area contributed by atoms with Gasteiger partial charge < -0.3 is 5.73 Å². The third kappa shape index (κ3) is 2.27. The Labute approximate surface area is 105 Å². The van der Waals surface area contributed by atoms with Gasteiger partial charge in [0.2, 0.25) is 0 Å². The van der Waals surface area contributed by atoms with Crippen molar-refractivity contribution in [3.05, 3.63) is 58.7 Å². The highest BCUT2D eigenvalue weighted by Crippen LogP contribution is 2.29. The number of hydrogen-bond donors (Lipinski definition) is 1. The summed E-state index contributed by atoms with van der Waals surface area (Å²) in [6, 6.07) is 7.86. The molecule has 2 rings (SSSR count). The van der Waals surface area contributed by atoms with Crippen molar-refractivity contribution in [2.45, 2.75) is 20.4 Å². The third-order valence-corrected chi connectivity index (χ3v) is 3.06. The number of aryl methyl sites for hydroxylation is 2. The Hall–Kier alpha value is -1.74. The summed E-state index contributed by atoms with van der Waals surface area (Å²) in [5.41, 5.74) is 9.13. The highest BCUT2D eigenvalue weighted by Gasteiger charge is 2.10. The van der Waals surface area contributed by atoms with Crippen LogP contribution in [0.4, 0.5) is 8.78 Å². The maximum absolute atomic E-state index is 13.7. The molecule has 0 saturated carbocycles. The van der Waals surface area contributed by atoms with Crippen LogP contribution in [0, 0.1) is 25.5 Å². The smallest absolute Gasteiger partial charge is 0.128 e. The Morgan fingerprint density at radius 1 is 1.00 bits per heavy atom. The second-order valence-corrected chi connectivity index (χ2v) is 4.42. The predicted octanol–water partition coefficient (Wildman–Crippen LogP) is 3.71. The first-order chi connectivity index (χ1) is 8.52. The molecule has 0 unspecified atom stereocenters. The van der Waals surface area contributed by atoms with Crippen LogP contribution in [0.5, 0.6) is 0 Å². The predicted molar refractivity (Wildman–Crippen MR) is 69.2 cm³/mol. The summed E-state index contributed by atoms with van der Waals surface area (Å²) in [7, 11) is 0. The SMILES string of the molecule is Cc1cc(F)cc(C)c1-c1ccc(CN)c(F)c1. The Balaban J connectivity index is 2.59. The topological polar surface area (TPSA) is 26.0 Å². The van der Waals surface area contributed by atoms with Crippen LogP contribution in [0.1, 0.15) is 16.7 Å². The molecule has 0 radical (unpaired) electrons. The summed E-state index contributed by atoms with van der Waals surface area (Å²) in [5.74, 6) is -0.592. The van der Waals surface area contributed by atoms with Gasteiger partial charge in [-0.1, -0.05) is 12.1 Å². The lowest BCUT2D eigenvalue weighted by molar-refractivity contribution is 0.611. The van der Waals surface area contributed by atoms with Gasteiger partial charge in [-0.05, 0) is 54.3 Å². The normalized spacial score (nSPS) is 10.7. The lowest BCUT2D eigenvalue weighted by Gasteiger charge is -2.11. The Morgan fingerprint density at radius 3 is 2.11 bits per heavy atom.